The largest absolute Gasteiger partial charge is 0.478 e. The number of carboxylic acid groups (broad SMARTS) is 1. The van der Waals surface area contributed by atoms with Gasteiger partial charge in [0.05, 0.1) is 5.56 Å². The summed E-state index contributed by atoms with van der Waals surface area (Å²) < 4.78 is 0. The van der Waals surface area contributed by atoms with Crippen LogP contribution in [-0.2, 0) is 0 Å². The third kappa shape index (κ3) is 4.28. The lowest BCUT2D eigenvalue weighted by Crippen LogP contribution is -2.58. The van der Waals surface area contributed by atoms with E-state index in [2.05, 4.69) is 61.3 Å². The van der Waals surface area contributed by atoms with Gasteiger partial charge in [0.15, 0.2) is 0 Å². The summed E-state index contributed by atoms with van der Waals surface area (Å²) in [6, 6.07) is 16.7. The second-order valence-corrected chi connectivity index (χ2v) is 11.0. The van der Waals surface area contributed by atoms with Crippen LogP contribution >= 0.6 is 0 Å². The Morgan fingerprint density at radius 1 is 1.09 bits per heavy atom. The second-order valence-electron chi connectivity index (χ2n) is 11.0. The number of nitrogens with one attached hydrogen (secondary N) is 1. The van der Waals surface area contributed by atoms with Gasteiger partial charge in [0, 0.05) is 30.5 Å². The lowest BCUT2D eigenvalue weighted by Gasteiger charge is -2.62. The predicted octanol–water partition coefficient (Wildman–Crippen LogP) is 6.55. The van der Waals surface area contributed by atoms with E-state index < -0.39 is 5.97 Å². The van der Waals surface area contributed by atoms with Gasteiger partial charge in [0.1, 0.15) is 0 Å². The maximum Gasteiger partial charge on any atom is 0.335 e. The number of nitrogens with zero attached hydrogens (tertiary/aromatic N) is 1. The first-order valence-electron chi connectivity index (χ1n) is 12.5. The standard InChI is InChI=1S/C29H36N2O2/c1-19-26-17-23(29(26,2)3)18-27(19)30-24-6-4-5-21(16-24)15-20-11-13-31(14-12-20)25-9-7-22(8-10-25)28(32)33/h4-10,15-16,19,23,26-27,30H,11-14,17-18H2,1-3H3,(H,32,33)/t19-,23+,26+,27+/m1/s1. The molecule has 0 unspecified atom stereocenters. The molecular weight excluding hydrogens is 408 g/mol. The molecule has 174 valence electrons. The van der Waals surface area contributed by atoms with Crippen molar-refractivity contribution in [2.45, 2.75) is 52.5 Å². The number of hydrogen-bond acceptors (Lipinski definition) is 3. The fraction of sp³-hybridized carbons (Fsp3) is 0.483. The molecule has 3 aliphatic carbocycles. The molecule has 0 amide bonds. The van der Waals surface area contributed by atoms with Gasteiger partial charge in [-0.3, -0.25) is 0 Å². The predicted molar refractivity (Wildman–Crippen MR) is 136 cm³/mol. The highest BCUT2D eigenvalue weighted by atomic mass is 16.4. The van der Waals surface area contributed by atoms with E-state index in [9.17, 15) is 4.79 Å². The minimum atomic E-state index is -0.874. The topological polar surface area (TPSA) is 52.6 Å². The molecule has 0 spiro atoms. The molecule has 2 aromatic rings. The number of carbonyl (C=O) groups is 1. The van der Waals surface area contributed by atoms with Gasteiger partial charge in [-0.15, -0.1) is 0 Å². The van der Waals surface area contributed by atoms with E-state index in [0.29, 0.717) is 17.0 Å². The summed E-state index contributed by atoms with van der Waals surface area (Å²) in [6.07, 6.45) is 7.15. The van der Waals surface area contributed by atoms with Gasteiger partial charge in [-0.1, -0.05) is 44.6 Å². The summed E-state index contributed by atoms with van der Waals surface area (Å²) in [5.74, 6) is 1.57. The van der Waals surface area contributed by atoms with Crippen LogP contribution in [0.4, 0.5) is 11.4 Å². The Balaban J connectivity index is 1.20. The van der Waals surface area contributed by atoms with E-state index in [1.54, 1.807) is 12.1 Å². The van der Waals surface area contributed by atoms with Gasteiger partial charge in [-0.2, -0.15) is 0 Å². The first-order valence-corrected chi connectivity index (χ1v) is 12.5. The van der Waals surface area contributed by atoms with Crippen LogP contribution in [0, 0.1) is 23.2 Å². The molecule has 4 fully saturated rings. The summed E-state index contributed by atoms with van der Waals surface area (Å²) in [5.41, 5.74) is 5.98. The third-order valence-electron chi connectivity index (χ3n) is 8.85. The van der Waals surface area contributed by atoms with Crippen molar-refractivity contribution in [2.24, 2.45) is 23.2 Å². The van der Waals surface area contributed by atoms with Gasteiger partial charge in [-0.25, -0.2) is 4.79 Å². The smallest absolute Gasteiger partial charge is 0.335 e. The van der Waals surface area contributed by atoms with Crippen LogP contribution in [-0.4, -0.2) is 30.2 Å². The van der Waals surface area contributed by atoms with E-state index in [4.69, 9.17) is 5.11 Å². The first-order chi connectivity index (χ1) is 15.8. The van der Waals surface area contributed by atoms with Crippen LogP contribution in [0.25, 0.3) is 6.08 Å². The van der Waals surface area contributed by atoms with Crippen molar-refractivity contribution in [3.05, 3.63) is 65.2 Å². The fourth-order valence-corrected chi connectivity index (χ4v) is 6.52. The maximum absolute atomic E-state index is 11.1. The number of anilines is 2. The van der Waals surface area contributed by atoms with Crippen LogP contribution in [0.1, 0.15) is 62.4 Å². The number of benzene rings is 2. The van der Waals surface area contributed by atoms with E-state index in [1.807, 2.05) is 12.1 Å². The number of fused-ring (bicyclic) bond motifs is 2. The SMILES string of the molecule is C[C@H]1[C@@H](Nc2cccc(C=C3CCN(c4ccc(C(=O)O)cc4)CC3)c2)C[C@@H]2C[C@@H]1C2(C)C. The molecular formula is C29H36N2O2. The highest BCUT2D eigenvalue weighted by Crippen LogP contribution is 2.61. The van der Waals surface area contributed by atoms with Gasteiger partial charge in [0.2, 0.25) is 0 Å². The van der Waals surface area contributed by atoms with Crippen molar-refractivity contribution in [2.75, 3.05) is 23.3 Å². The molecule has 2 aromatic carbocycles. The Hall–Kier alpha value is -2.75. The normalized spacial score (nSPS) is 28.1. The van der Waals surface area contributed by atoms with Crippen molar-refractivity contribution in [3.8, 4) is 0 Å². The second kappa shape index (κ2) is 8.55. The van der Waals surface area contributed by atoms with Gasteiger partial charge < -0.3 is 15.3 Å². The van der Waals surface area contributed by atoms with E-state index in [-0.39, 0.29) is 0 Å². The van der Waals surface area contributed by atoms with Crippen LogP contribution in [0.3, 0.4) is 0 Å². The van der Waals surface area contributed by atoms with Crippen molar-refractivity contribution < 1.29 is 9.90 Å². The highest BCUT2D eigenvalue weighted by Gasteiger charge is 2.56. The van der Waals surface area contributed by atoms with Crippen LogP contribution in [0.2, 0.25) is 0 Å². The lowest BCUT2D eigenvalue weighted by atomic mass is 9.45. The molecule has 4 nitrogen and oxygen atoms in total. The lowest BCUT2D eigenvalue weighted by molar-refractivity contribution is -0.105. The molecule has 4 aliphatic rings. The highest BCUT2D eigenvalue weighted by molar-refractivity contribution is 5.88. The molecule has 1 aliphatic heterocycles. The van der Waals surface area contributed by atoms with Crippen molar-refractivity contribution in [3.63, 3.8) is 0 Å². The van der Waals surface area contributed by atoms with Gasteiger partial charge >= 0.3 is 5.97 Å². The summed E-state index contributed by atoms with van der Waals surface area (Å²) in [5, 5.41) is 13.0. The molecule has 6 rings (SSSR count). The Bertz CT molecular complexity index is 1050. The molecule has 1 saturated heterocycles. The quantitative estimate of drug-likeness (QED) is 0.549. The number of carboxylic acids is 1. The number of piperidine rings is 1. The molecule has 0 radical (unpaired) electrons. The van der Waals surface area contributed by atoms with E-state index in [0.717, 1.165) is 49.4 Å². The maximum atomic E-state index is 11.1. The first kappa shape index (κ1) is 22.1. The zero-order valence-electron chi connectivity index (χ0n) is 20.1. The monoisotopic (exact) mass is 444 g/mol. The number of aromatic carboxylic acids is 1. The summed E-state index contributed by atoms with van der Waals surface area (Å²) in [4.78, 5) is 13.4. The Morgan fingerprint density at radius 3 is 2.45 bits per heavy atom. The summed E-state index contributed by atoms with van der Waals surface area (Å²) >= 11 is 0. The molecule has 0 aromatic heterocycles. The van der Waals surface area contributed by atoms with Gasteiger partial charge in [0.25, 0.3) is 0 Å². The average molecular weight is 445 g/mol. The fourth-order valence-electron chi connectivity index (χ4n) is 6.52. The van der Waals surface area contributed by atoms with Crippen LogP contribution in [0.5, 0.6) is 0 Å². The van der Waals surface area contributed by atoms with Crippen molar-refractivity contribution in [1.82, 2.24) is 0 Å². The Kier molecular flexibility index (Phi) is 5.72. The summed E-state index contributed by atoms with van der Waals surface area (Å²) in [6.45, 7) is 9.29. The number of hydrogen-bond donors (Lipinski definition) is 2. The third-order valence-corrected chi connectivity index (χ3v) is 8.85. The van der Waals surface area contributed by atoms with Crippen molar-refractivity contribution in [1.29, 1.82) is 0 Å². The summed E-state index contributed by atoms with van der Waals surface area (Å²) in [7, 11) is 0. The zero-order chi connectivity index (χ0) is 23.2. The molecule has 2 bridgehead atoms. The molecule has 3 saturated carbocycles. The molecule has 4 atom stereocenters. The minimum absolute atomic E-state index is 0.341. The van der Waals surface area contributed by atoms with Crippen LogP contribution < -0.4 is 10.2 Å². The van der Waals surface area contributed by atoms with Crippen LogP contribution in [0.15, 0.2) is 54.1 Å². The van der Waals surface area contributed by atoms with Gasteiger partial charge in [-0.05, 0) is 90.8 Å². The molecule has 33 heavy (non-hydrogen) atoms. The Morgan fingerprint density at radius 2 is 1.82 bits per heavy atom. The minimum Gasteiger partial charge on any atom is -0.478 e. The van der Waals surface area contributed by atoms with E-state index in [1.165, 1.54) is 29.7 Å². The molecule has 2 N–H and O–H groups in total. The molecule has 4 heteroatoms. The number of rotatable bonds is 5. The average Bonchev–Trinajstić information content (AvgIpc) is 2.81. The Labute approximate surface area is 197 Å². The van der Waals surface area contributed by atoms with Crippen molar-refractivity contribution >= 4 is 23.4 Å². The zero-order valence-corrected chi connectivity index (χ0v) is 20.1. The molecule has 1 heterocycles. The van der Waals surface area contributed by atoms with E-state index >= 15 is 0 Å².